The van der Waals surface area contributed by atoms with Gasteiger partial charge < -0.3 is 10.6 Å². The molecular formula is C18H20N6. The maximum Gasteiger partial charge on any atom is 0.134 e. The fraction of sp³-hybridized carbons (Fsp3) is 0.278. The third-order valence-corrected chi connectivity index (χ3v) is 4.58. The second-order valence-corrected chi connectivity index (χ2v) is 6.15. The molecule has 4 rings (SSSR count). The Bertz CT molecular complexity index is 813. The number of nitrogen functional groups attached to an aromatic ring is 1. The summed E-state index contributed by atoms with van der Waals surface area (Å²) in [6.07, 6.45) is 5.70. The van der Waals surface area contributed by atoms with E-state index in [4.69, 9.17) is 5.73 Å². The molecule has 122 valence electrons. The Morgan fingerprint density at radius 1 is 1.17 bits per heavy atom. The number of hydrogen-bond donors (Lipinski definition) is 2. The predicted octanol–water partition coefficient (Wildman–Crippen LogP) is 2.83. The van der Waals surface area contributed by atoms with Crippen LogP contribution in [0, 0.1) is 0 Å². The molecule has 2 aromatic heterocycles. The van der Waals surface area contributed by atoms with E-state index < -0.39 is 0 Å². The van der Waals surface area contributed by atoms with Crippen molar-refractivity contribution in [1.29, 1.82) is 0 Å². The van der Waals surface area contributed by atoms with Crippen molar-refractivity contribution in [2.75, 3.05) is 23.7 Å². The van der Waals surface area contributed by atoms with Crippen LogP contribution in [0.15, 0.2) is 48.9 Å². The molecule has 1 saturated heterocycles. The van der Waals surface area contributed by atoms with Crippen LogP contribution in [0.2, 0.25) is 0 Å². The van der Waals surface area contributed by atoms with Gasteiger partial charge in [-0.15, -0.1) is 0 Å². The standard InChI is InChI=1S/C18H20N6/c19-16-9-17(21-12-20-16)24-8-4-7-14(11-24)18-15(10-22-23-18)13-5-2-1-3-6-13/h1-3,5-6,9-10,12,14H,4,7-8,11H2,(H,22,23)(H2,19,20,21)/t14-/m1/s1. The first-order chi connectivity index (χ1) is 11.8. The number of nitrogens with one attached hydrogen (secondary N) is 1. The zero-order chi connectivity index (χ0) is 16.4. The van der Waals surface area contributed by atoms with Crippen molar-refractivity contribution < 1.29 is 0 Å². The Kier molecular flexibility index (Phi) is 3.86. The fourth-order valence-electron chi connectivity index (χ4n) is 3.41. The van der Waals surface area contributed by atoms with Gasteiger partial charge in [0.05, 0.1) is 6.20 Å². The molecule has 0 unspecified atom stereocenters. The fourth-order valence-corrected chi connectivity index (χ4v) is 3.41. The first kappa shape index (κ1) is 14.7. The Hall–Kier alpha value is -2.89. The van der Waals surface area contributed by atoms with Gasteiger partial charge in [-0.05, 0) is 18.4 Å². The van der Waals surface area contributed by atoms with E-state index in [0.717, 1.165) is 31.7 Å². The quantitative estimate of drug-likeness (QED) is 0.775. The SMILES string of the molecule is Nc1cc(N2CCC[C@@H](c3[nH]ncc3-c3ccccc3)C2)ncn1. The van der Waals surface area contributed by atoms with Crippen LogP contribution in [0.1, 0.15) is 24.5 Å². The van der Waals surface area contributed by atoms with Crippen LogP contribution < -0.4 is 10.6 Å². The van der Waals surface area contributed by atoms with Crippen molar-refractivity contribution in [3.63, 3.8) is 0 Å². The summed E-state index contributed by atoms with van der Waals surface area (Å²) in [6, 6.07) is 12.2. The lowest BCUT2D eigenvalue weighted by Gasteiger charge is -2.33. The lowest BCUT2D eigenvalue weighted by atomic mass is 9.90. The number of nitrogens with two attached hydrogens (primary N) is 1. The van der Waals surface area contributed by atoms with E-state index in [1.165, 1.54) is 23.1 Å². The summed E-state index contributed by atoms with van der Waals surface area (Å²) >= 11 is 0. The average Bonchev–Trinajstić information content (AvgIpc) is 3.12. The van der Waals surface area contributed by atoms with Crippen LogP contribution in [-0.2, 0) is 0 Å². The number of piperidine rings is 1. The molecule has 1 aromatic carbocycles. The first-order valence-corrected chi connectivity index (χ1v) is 8.22. The molecule has 1 aliphatic rings. The van der Waals surface area contributed by atoms with Gasteiger partial charge in [-0.2, -0.15) is 5.10 Å². The van der Waals surface area contributed by atoms with E-state index in [1.807, 2.05) is 18.3 Å². The smallest absolute Gasteiger partial charge is 0.134 e. The molecular weight excluding hydrogens is 300 g/mol. The van der Waals surface area contributed by atoms with Gasteiger partial charge in [-0.3, -0.25) is 5.10 Å². The van der Waals surface area contributed by atoms with E-state index in [0.29, 0.717) is 11.7 Å². The van der Waals surface area contributed by atoms with Crippen LogP contribution in [0.25, 0.3) is 11.1 Å². The molecule has 0 amide bonds. The largest absolute Gasteiger partial charge is 0.384 e. The minimum absolute atomic E-state index is 0.396. The Balaban J connectivity index is 1.60. The zero-order valence-corrected chi connectivity index (χ0v) is 13.4. The normalized spacial score (nSPS) is 17.8. The highest BCUT2D eigenvalue weighted by Gasteiger charge is 2.26. The molecule has 1 fully saturated rings. The van der Waals surface area contributed by atoms with E-state index in [-0.39, 0.29) is 0 Å². The second kappa shape index (κ2) is 6.31. The third-order valence-electron chi connectivity index (χ3n) is 4.58. The van der Waals surface area contributed by atoms with Gasteiger partial charge in [0.25, 0.3) is 0 Å². The van der Waals surface area contributed by atoms with Crippen molar-refractivity contribution in [1.82, 2.24) is 20.2 Å². The van der Waals surface area contributed by atoms with Gasteiger partial charge in [0, 0.05) is 36.3 Å². The van der Waals surface area contributed by atoms with Crippen molar-refractivity contribution in [2.45, 2.75) is 18.8 Å². The van der Waals surface area contributed by atoms with Gasteiger partial charge >= 0.3 is 0 Å². The molecule has 3 aromatic rings. The zero-order valence-electron chi connectivity index (χ0n) is 13.4. The van der Waals surface area contributed by atoms with Gasteiger partial charge in [-0.1, -0.05) is 30.3 Å². The summed E-state index contributed by atoms with van der Waals surface area (Å²) in [5.74, 6) is 1.80. The lowest BCUT2D eigenvalue weighted by Crippen LogP contribution is -2.35. The summed E-state index contributed by atoms with van der Waals surface area (Å²) in [6.45, 7) is 1.89. The van der Waals surface area contributed by atoms with E-state index in [1.54, 1.807) is 0 Å². The number of benzene rings is 1. The molecule has 1 atom stereocenters. The van der Waals surface area contributed by atoms with Crippen molar-refractivity contribution >= 4 is 11.6 Å². The first-order valence-electron chi connectivity index (χ1n) is 8.22. The maximum atomic E-state index is 5.80. The number of hydrogen-bond acceptors (Lipinski definition) is 5. The van der Waals surface area contributed by atoms with Crippen LogP contribution >= 0.6 is 0 Å². The highest BCUT2D eigenvalue weighted by molar-refractivity contribution is 5.66. The number of H-pyrrole nitrogens is 1. The minimum atomic E-state index is 0.396. The van der Waals surface area contributed by atoms with Crippen molar-refractivity contribution in [3.8, 4) is 11.1 Å². The summed E-state index contributed by atoms with van der Waals surface area (Å²) < 4.78 is 0. The van der Waals surface area contributed by atoms with Crippen molar-refractivity contribution in [3.05, 3.63) is 54.6 Å². The number of aromatic amines is 1. The number of aromatic nitrogens is 4. The lowest BCUT2D eigenvalue weighted by molar-refractivity contribution is 0.498. The Labute approximate surface area is 140 Å². The van der Waals surface area contributed by atoms with Gasteiger partial charge in [0.2, 0.25) is 0 Å². The van der Waals surface area contributed by atoms with E-state index >= 15 is 0 Å². The molecule has 0 radical (unpaired) electrons. The van der Waals surface area contributed by atoms with Gasteiger partial charge in [-0.25, -0.2) is 9.97 Å². The van der Waals surface area contributed by atoms with Crippen LogP contribution in [0.5, 0.6) is 0 Å². The molecule has 24 heavy (non-hydrogen) atoms. The highest BCUT2D eigenvalue weighted by atomic mass is 15.2. The maximum absolute atomic E-state index is 5.80. The summed E-state index contributed by atoms with van der Waals surface area (Å²) in [7, 11) is 0. The van der Waals surface area contributed by atoms with Crippen LogP contribution in [-0.4, -0.2) is 33.3 Å². The van der Waals surface area contributed by atoms with Gasteiger partial charge in [0.15, 0.2) is 0 Å². The Morgan fingerprint density at radius 3 is 2.88 bits per heavy atom. The molecule has 3 heterocycles. The molecule has 1 aliphatic heterocycles. The highest BCUT2D eigenvalue weighted by Crippen LogP contribution is 2.34. The monoisotopic (exact) mass is 320 g/mol. The van der Waals surface area contributed by atoms with E-state index in [9.17, 15) is 0 Å². The topological polar surface area (TPSA) is 83.7 Å². The summed E-state index contributed by atoms with van der Waals surface area (Å²) in [5.41, 5.74) is 9.39. The van der Waals surface area contributed by atoms with E-state index in [2.05, 4.69) is 49.3 Å². The summed E-state index contributed by atoms with van der Waals surface area (Å²) in [5, 5.41) is 7.52. The van der Waals surface area contributed by atoms with Crippen molar-refractivity contribution in [2.24, 2.45) is 0 Å². The summed E-state index contributed by atoms with van der Waals surface area (Å²) in [4.78, 5) is 10.6. The minimum Gasteiger partial charge on any atom is -0.384 e. The molecule has 6 nitrogen and oxygen atoms in total. The molecule has 0 spiro atoms. The molecule has 0 saturated carbocycles. The van der Waals surface area contributed by atoms with Crippen LogP contribution in [0.4, 0.5) is 11.6 Å². The molecule has 0 aliphatic carbocycles. The van der Waals surface area contributed by atoms with Gasteiger partial charge in [0.1, 0.15) is 18.0 Å². The molecule has 3 N–H and O–H groups in total. The van der Waals surface area contributed by atoms with Crippen LogP contribution in [0.3, 0.4) is 0 Å². The third kappa shape index (κ3) is 2.82. The number of anilines is 2. The second-order valence-electron chi connectivity index (χ2n) is 6.15. The Morgan fingerprint density at radius 2 is 2.04 bits per heavy atom. The number of nitrogens with zero attached hydrogens (tertiary/aromatic N) is 4. The predicted molar refractivity (Wildman–Crippen MR) is 94.7 cm³/mol. The number of rotatable bonds is 3. The molecule has 0 bridgehead atoms. The average molecular weight is 320 g/mol. The molecule has 6 heteroatoms.